The van der Waals surface area contributed by atoms with E-state index in [-0.39, 0.29) is 0 Å². The van der Waals surface area contributed by atoms with Crippen molar-refractivity contribution >= 4 is 59.8 Å². The zero-order valence-corrected chi connectivity index (χ0v) is 22.1. The Morgan fingerprint density at radius 1 is 0.553 bits per heavy atom. The number of hydrogen-bond acceptors (Lipinski definition) is 1. The highest BCUT2D eigenvalue weighted by molar-refractivity contribution is 7.19. The fourth-order valence-corrected chi connectivity index (χ4v) is 6.87. The predicted octanol–water partition coefficient (Wildman–Crippen LogP) is 11.2. The molecule has 0 spiro atoms. The molecule has 1 heterocycles. The second-order valence-corrected chi connectivity index (χ2v) is 11.0. The third kappa shape index (κ3) is 3.59. The molecule has 0 saturated heterocycles. The summed E-state index contributed by atoms with van der Waals surface area (Å²) < 4.78 is 1.32. The summed E-state index contributed by atoms with van der Waals surface area (Å²) in [6, 6.07) is 40.2. The summed E-state index contributed by atoms with van der Waals surface area (Å²) in [6.45, 7) is 6.05. The summed E-state index contributed by atoms with van der Waals surface area (Å²) in [7, 11) is 0. The maximum Gasteiger partial charge on any atom is 0.0352 e. The van der Waals surface area contributed by atoms with Crippen LogP contribution in [0.5, 0.6) is 0 Å². The Kier molecular flexibility index (Phi) is 5.46. The van der Waals surface area contributed by atoms with Crippen molar-refractivity contribution in [3.8, 4) is 22.3 Å². The van der Waals surface area contributed by atoms with Crippen LogP contribution in [-0.2, 0) is 0 Å². The minimum absolute atomic E-state index is 1.24. The van der Waals surface area contributed by atoms with Crippen LogP contribution in [0.15, 0.2) is 128 Å². The van der Waals surface area contributed by atoms with Gasteiger partial charge in [0.1, 0.15) is 0 Å². The number of aryl methyl sites for hydroxylation is 1. The van der Waals surface area contributed by atoms with Crippen LogP contribution < -0.4 is 0 Å². The van der Waals surface area contributed by atoms with Gasteiger partial charge in [0.2, 0.25) is 0 Å². The third-order valence-corrected chi connectivity index (χ3v) is 8.71. The van der Waals surface area contributed by atoms with E-state index in [1.807, 2.05) is 23.5 Å². The van der Waals surface area contributed by atoms with Gasteiger partial charge in [0.05, 0.1) is 0 Å². The van der Waals surface area contributed by atoms with Crippen LogP contribution in [-0.4, -0.2) is 0 Å². The molecule has 0 nitrogen and oxygen atoms in total. The maximum absolute atomic E-state index is 3.85. The molecule has 0 aliphatic heterocycles. The van der Waals surface area contributed by atoms with Gasteiger partial charge in [0.15, 0.2) is 0 Å². The van der Waals surface area contributed by atoms with Crippen LogP contribution in [0.1, 0.15) is 10.4 Å². The molecule has 1 aromatic heterocycles. The number of fused-ring (bicyclic) bond motifs is 7. The van der Waals surface area contributed by atoms with Gasteiger partial charge >= 0.3 is 0 Å². The average molecular weight is 503 g/mol. The molecule has 0 amide bonds. The van der Waals surface area contributed by atoms with E-state index in [1.54, 1.807) is 0 Å². The number of rotatable bonds is 4. The van der Waals surface area contributed by atoms with Gasteiger partial charge in [-0.1, -0.05) is 116 Å². The smallest absolute Gasteiger partial charge is 0.0352 e. The molecule has 0 aliphatic rings. The van der Waals surface area contributed by atoms with Gasteiger partial charge in [-0.3, -0.25) is 0 Å². The van der Waals surface area contributed by atoms with E-state index in [9.17, 15) is 0 Å². The summed E-state index contributed by atoms with van der Waals surface area (Å²) in [5, 5.41) is 9.12. The molecule has 180 valence electrons. The first-order valence-electron chi connectivity index (χ1n) is 13.0. The van der Waals surface area contributed by atoms with Crippen LogP contribution in [0, 0.1) is 6.92 Å². The Labute approximate surface area is 226 Å². The Morgan fingerprint density at radius 3 is 1.66 bits per heavy atom. The highest BCUT2D eigenvalue weighted by Gasteiger charge is 2.14. The van der Waals surface area contributed by atoms with Gasteiger partial charge in [-0.2, -0.15) is 0 Å². The molecule has 0 radical (unpaired) electrons. The molecule has 1 heteroatoms. The van der Waals surface area contributed by atoms with Crippen molar-refractivity contribution < 1.29 is 0 Å². The minimum atomic E-state index is 1.24. The van der Waals surface area contributed by atoms with Crippen molar-refractivity contribution in [3.63, 3.8) is 0 Å². The van der Waals surface area contributed by atoms with Crippen molar-refractivity contribution in [2.45, 2.75) is 6.92 Å². The lowest BCUT2D eigenvalue weighted by molar-refractivity contribution is 1.60. The topological polar surface area (TPSA) is 0 Å². The van der Waals surface area contributed by atoms with Crippen molar-refractivity contribution in [3.05, 3.63) is 138 Å². The molecule has 0 aliphatic carbocycles. The van der Waals surface area contributed by atoms with E-state index in [2.05, 4.69) is 129 Å². The second-order valence-electron chi connectivity index (χ2n) is 9.77. The van der Waals surface area contributed by atoms with Crippen LogP contribution in [0.4, 0.5) is 0 Å². The lowest BCUT2D eigenvalue weighted by Gasteiger charge is -2.14. The van der Waals surface area contributed by atoms with Crippen molar-refractivity contribution in [1.82, 2.24) is 0 Å². The van der Waals surface area contributed by atoms with Crippen LogP contribution in [0.2, 0.25) is 0 Å². The van der Waals surface area contributed by atoms with E-state index in [1.165, 1.54) is 75.1 Å². The first-order valence-corrected chi connectivity index (χ1v) is 13.8. The fourth-order valence-electron chi connectivity index (χ4n) is 5.84. The first kappa shape index (κ1) is 22.7. The maximum atomic E-state index is 3.85. The zero-order chi connectivity index (χ0) is 25.6. The predicted molar refractivity (Wildman–Crippen MR) is 169 cm³/mol. The molecular formula is C37H26S. The van der Waals surface area contributed by atoms with E-state index in [4.69, 9.17) is 0 Å². The van der Waals surface area contributed by atoms with E-state index in [0.29, 0.717) is 0 Å². The standard InChI is InChI=1S/C37H26S/c1-3-4-11-27-24(2)38-37-21-19-26(23-36(27)37)29-13-6-5-12-28(29)25-18-20-34-32-16-8-7-14-30(32)31-15-9-10-17-33(31)35(34)22-25/h3-23H,1H2,2H3/b11-4-. The molecule has 7 aromatic rings. The largest absolute Gasteiger partial charge is 0.140 e. The van der Waals surface area contributed by atoms with Crippen molar-refractivity contribution in [2.24, 2.45) is 0 Å². The van der Waals surface area contributed by atoms with Crippen LogP contribution in [0.3, 0.4) is 0 Å². The minimum Gasteiger partial charge on any atom is -0.140 e. The van der Waals surface area contributed by atoms with E-state index < -0.39 is 0 Å². The molecule has 6 aromatic carbocycles. The number of benzene rings is 6. The Hall–Kier alpha value is -4.46. The van der Waals surface area contributed by atoms with Gasteiger partial charge in [-0.05, 0) is 85.3 Å². The average Bonchev–Trinajstić information content (AvgIpc) is 3.29. The van der Waals surface area contributed by atoms with Gasteiger partial charge < -0.3 is 0 Å². The van der Waals surface area contributed by atoms with Crippen LogP contribution >= 0.6 is 11.3 Å². The second kappa shape index (κ2) is 9.13. The fraction of sp³-hybridized carbons (Fsp3) is 0.0270. The summed E-state index contributed by atoms with van der Waals surface area (Å²) in [5.74, 6) is 0. The molecule has 0 N–H and O–H groups in total. The summed E-state index contributed by atoms with van der Waals surface area (Å²) in [4.78, 5) is 1.33. The van der Waals surface area contributed by atoms with E-state index >= 15 is 0 Å². The molecule has 0 saturated carbocycles. The van der Waals surface area contributed by atoms with Gasteiger partial charge in [0, 0.05) is 15.0 Å². The molecule has 0 unspecified atom stereocenters. The molecule has 38 heavy (non-hydrogen) atoms. The Morgan fingerprint density at radius 2 is 1.05 bits per heavy atom. The lowest BCUT2D eigenvalue weighted by atomic mass is 9.89. The third-order valence-electron chi connectivity index (χ3n) is 7.60. The van der Waals surface area contributed by atoms with Crippen molar-refractivity contribution in [2.75, 3.05) is 0 Å². The van der Waals surface area contributed by atoms with Crippen molar-refractivity contribution in [1.29, 1.82) is 0 Å². The van der Waals surface area contributed by atoms with Gasteiger partial charge in [-0.15, -0.1) is 11.3 Å². The summed E-state index contributed by atoms with van der Waals surface area (Å²) in [5.41, 5.74) is 6.26. The number of hydrogen-bond donors (Lipinski definition) is 0. The SMILES string of the molecule is C=C/C=C\c1c(C)sc2ccc(-c3ccccc3-c3ccc4c5ccccc5c5ccccc5c4c3)cc12. The molecule has 0 atom stereocenters. The monoisotopic (exact) mass is 502 g/mol. The number of thiophene rings is 1. The molecular weight excluding hydrogens is 476 g/mol. The van der Waals surface area contributed by atoms with E-state index in [0.717, 1.165) is 0 Å². The molecule has 0 bridgehead atoms. The Balaban J connectivity index is 1.46. The Bertz CT molecular complexity index is 2020. The van der Waals surface area contributed by atoms with Crippen LogP contribution in [0.25, 0.3) is 70.7 Å². The highest BCUT2D eigenvalue weighted by Crippen LogP contribution is 2.41. The van der Waals surface area contributed by atoms with Gasteiger partial charge in [-0.25, -0.2) is 0 Å². The zero-order valence-electron chi connectivity index (χ0n) is 21.2. The summed E-state index contributed by atoms with van der Waals surface area (Å²) >= 11 is 1.85. The first-order chi connectivity index (χ1) is 18.7. The molecule has 0 fully saturated rings. The quantitative estimate of drug-likeness (QED) is 0.166. The normalized spacial score (nSPS) is 11.8. The lowest BCUT2D eigenvalue weighted by Crippen LogP contribution is -1.88. The summed E-state index contributed by atoms with van der Waals surface area (Å²) in [6.07, 6.45) is 6.04. The van der Waals surface area contributed by atoms with Gasteiger partial charge in [0.25, 0.3) is 0 Å². The number of allylic oxidation sites excluding steroid dienone is 2. The highest BCUT2D eigenvalue weighted by atomic mass is 32.1. The molecule has 7 rings (SSSR count).